The van der Waals surface area contributed by atoms with E-state index >= 15 is 0 Å². The molecule has 26 heavy (non-hydrogen) atoms. The van der Waals surface area contributed by atoms with Crippen molar-refractivity contribution < 1.29 is 30.0 Å². The average molecular weight is 394 g/mol. The smallest absolute Gasteiger partial charge is 0.338 e. The Hall–Kier alpha value is -2.05. The average Bonchev–Trinajstić information content (AvgIpc) is 3.02. The number of rotatable bonds is 4. The summed E-state index contributed by atoms with van der Waals surface area (Å²) in [4.78, 5) is 5.86. The van der Waals surface area contributed by atoms with Crippen molar-refractivity contribution in [3.63, 3.8) is 0 Å². The molecule has 0 radical (unpaired) electrons. The van der Waals surface area contributed by atoms with Gasteiger partial charge in [0, 0.05) is 31.7 Å². The molecule has 3 rings (SSSR count). The number of nitrogens with zero attached hydrogens (tertiary/aromatic N) is 4. The summed E-state index contributed by atoms with van der Waals surface area (Å²) in [6.07, 6.45) is -4.47. The fourth-order valence-corrected chi connectivity index (χ4v) is 3.17. The quantitative estimate of drug-likeness (QED) is 0.584. The second-order valence-electron chi connectivity index (χ2n) is 5.71. The molecule has 0 N–H and O–H groups in total. The summed E-state index contributed by atoms with van der Waals surface area (Å²) in [5, 5.41) is 3.68. The van der Waals surface area contributed by atoms with Crippen molar-refractivity contribution in [2.24, 2.45) is 0 Å². The molecule has 0 atom stereocenters. The first-order chi connectivity index (χ1) is 12.1. The molecule has 0 aliphatic carbocycles. The molecule has 1 aromatic carbocycles. The number of hydrogen-bond acceptors (Lipinski definition) is 6. The molecule has 0 amide bonds. The Balaban J connectivity index is 1.66. The maximum absolute atomic E-state index is 12.9. The van der Waals surface area contributed by atoms with Crippen LogP contribution in [0, 0.1) is 0 Å². The zero-order valence-electron chi connectivity index (χ0n) is 13.3. The summed E-state index contributed by atoms with van der Waals surface area (Å²) < 4.78 is 78.6. The van der Waals surface area contributed by atoms with E-state index in [2.05, 4.69) is 10.1 Å². The van der Waals surface area contributed by atoms with Gasteiger partial charge >= 0.3 is 16.6 Å². The molecule has 1 aromatic heterocycles. The molecule has 2 aromatic rings. The van der Waals surface area contributed by atoms with Crippen molar-refractivity contribution in [3.8, 4) is 11.4 Å². The zero-order chi connectivity index (χ0) is 18.9. The van der Waals surface area contributed by atoms with Crippen LogP contribution in [0.3, 0.4) is 0 Å². The number of halogens is 4. The molecule has 0 saturated carbocycles. The lowest BCUT2D eigenvalue weighted by molar-refractivity contribution is -0.137. The van der Waals surface area contributed by atoms with Crippen LogP contribution in [-0.2, 0) is 23.1 Å². The van der Waals surface area contributed by atoms with E-state index in [-0.39, 0.29) is 50.0 Å². The third kappa shape index (κ3) is 4.37. The Kier molecular flexibility index (Phi) is 4.99. The molecule has 1 fully saturated rings. The lowest BCUT2D eigenvalue weighted by atomic mass is 10.1. The van der Waals surface area contributed by atoms with Gasteiger partial charge < -0.3 is 4.52 Å². The monoisotopic (exact) mass is 394 g/mol. The maximum atomic E-state index is 12.9. The largest absolute Gasteiger partial charge is 0.416 e. The maximum Gasteiger partial charge on any atom is 0.416 e. The van der Waals surface area contributed by atoms with Crippen LogP contribution in [0.15, 0.2) is 28.8 Å². The summed E-state index contributed by atoms with van der Waals surface area (Å²) >= 11 is 0. The molecule has 1 saturated heterocycles. The van der Waals surface area contributed by atoms with E-state index in [1.165, 1.54) is 12.1 Å². The van der Waals surface area contributed by atoms with E-state index in [1.54, 1.807) is 4.90 Å². The van der Waals surface area contributed by atoms with Crippen molar-refractivity contribution in [2.75, 3.05) is 26.2 Å². The first-order valence-electron chi connectivity index (χ1n) is 7.55. The standard InChI is InChI=1S/C14H14F4N4O3S/c15-14(16,17)11-3-1-2-10(8-11)13-19-12(25-20-13)9-21-4-6-22(7-5-21)26(18,23)24/h1-3,8H,4-7,9H2. The van der Waals surface area contributed by atoms with Crippen LogP contribution in [0.4, 0.5) is 17.1 Å². The van der Waals surface area contributed by atoms with Crippen LogP contribution in [0.5, 0.6) is 0 Å². The SMILES string of the molecule is O=S(=O)(F)N1CCN(Cc2nc(-c3cccc(C(F)(F)F)c3)no2)CC1. The van der Waals surface area contributed by atoms with E-state index in [0.29, 0.717) is 0 Å². The first kappa shape index (κ1) is 18.7. The van der Waals surface area contributed by atoms with E-state index in [0.717, 1.165) is 16.4 Å². The van der Waals surface area contributed by atoms with Crippen LogP contribution in [0.25, 0.3) is 11.4 Å². The van der Waals surface area contributed by atoms with Gasteiger partial charge in [-0.05, 0) is 12.1 Å². The highest BCUT2D eigenvalue weighted by atomic mass is 32.3. The van der Waals surface area contributed by atoms with Gasteiger partial charge in [0.15, 0.2) is 0 Å². The Morgan fingerprint density at radius 1 is 1.15 bits per heavy atom. The number of aromatic nitrogens is 2. The lowest BCUT2D eigenvalue weighted by Crippen LogP contribution is -2.47. The number of piperazine rings is 1. The van der Waals surface area contributed by atoms with Crippen molar-refractivity contribution in [2.45, 2.75) is 12.7 Å². The van der Waals surface area contributed by atoms with E-state index in [1.807, 2.05) is 0 Å². The molecular formula is C14H14F4N4O3S. The van der Waals surface area contributed by atoms with Crippen LogP contribution in [0.1, 0.15) is 11.5 Å². The van der Waals surface area contributed by atoms with Gasteiger partial charge in [-0.2, -0.15) is 30.9 Å². The van der Waals surface area contributed by atoms with Gasteiger partial charge in [-0.25, -0.2) is 0 Å². The van der Waals surface area contributed by atoms with Gasteiger partial charge in [0.25, 0.3) is 0 Å². The Labute approximate surface area is 146 Å². The Bertz CT molecular complexity index is 876. The van der Waals surface area contributed by atoms with Crippen LogP contribution in [-0.4, -0.2) is 53.9 Å². The van der Waals surface area contributed by atoms with Crippen molar-refractivity contribution in [1.82, 2.24) is 19.3 Å². The fourth-order valence-electron chi connectivity index (χ4n) is 2.57. The summed E-state index contributed by atoms with van der Waals surface area (Å²) in [6, 6.07) is 4.57. The van der Waals surface area contributed by atoms with Crippen LogP contribution in [0.2, 0.25) is 0 Å². The van der Waals surface area contributed by atoms with Crippen molar-refractivity contribution in [3.05, 3.63) is 35.7 Å². The van der Waals surface area contributed by atoms with Crippen molar-refractivity contribution in [1.29, 1.82) is 0 Å². The second-order valence-corrected chi connectivity index (χ2v) is 7.05. The van der Waals surface area contributed by atoms with Crippen molar-refractivity contribution >= 4 is 10.4 Å². The van der Waals surface area contributed by atoms with Crippen LogP contribution < -0.4 is 0 Å². The molecule has 142 valence electrons. The summed E-state index contributed by atoms with van der Waals surface area (Å²) in [5.41, 5.74) is -0.645. The van der Waals surface area contributed by atoms with Gasteiger partial charge in [-0.3, -0.25) is 4.90 Å². The second kappa shape index (κ2) is 6.93. The summed E-state index contributed by atoms with van der Waals surface area (Å²) in [6.45, 7) is 0.710. The summed E-state index contributed by atoms with van der Waals surface area (Å²) in [7, 11) is -4.71. The first-order valence-corrected chi connectivity index (χ1v) is 8.89. The number of benzene rings is 1. The predicted molar refractivity (Wildman–Crippen MR) is 81.6 cm³/mol. The van der Waals surface area contributed by atoms with E-state index in [4.69, 9.17) is 4.52 Å². The molecule has 1 aliphatic heterocycles. The number of alkyl halides is 3. The number of hydrogen-bond donors (Lipinski definition) is 0. The molecule has 7 nitrogen and oxygen atoms in total. The third-order valence-corrected chi connectivity index (χ3v) is 4.90. The minimum absolute atomic E-state index is 0.00649. The predicted octanol–water partition coefficient (Wildman–Crippen LogP) is 2.09. The highest BCUT2D eigenvalue weighted by Crippen LogP contribution is 2.31. The normalized spacial score (nSPS) is 17.5. The summed E-state index contributed by atoms with van der Waals surface area (Å²) in [5.74, 6) is 0.199. The molecule has 0 bridgehead atoms. The Morgan fingerprint density at radius 3 is 2.46 bits per heavy atom. The van der Waals surface area contributed by atoms with Gasteiger partial charge in [0.1, 0.15) is 0 Å². The van der Waals surface area contributed by atoms with E-state index < -0.39 is 22.1 Å². The molecule has 12 heteroatoms. The molecule has 1 aliphatic rings. The van der Waals surface area contributed by atoms with Gasteiger partial charge in [-0.15, -0.1) is 0 Å². The zero-order valence-corrected chi connectivity index (χ0v) is 14.1. The van der Waals surface area contributed by atoms with E-state index in [9.17, 15) is 25.5 Å². The van der Waals surface area contributed by atoms with Crippen LogP contribution >= 0.6 is 0 Å². The minimum atomic E-state index is -4.71. The lowest BCUT2D eigenvalue weighted by Gasteiger charge is -2.30. The highest BCUT2D eigenvalue weighted by Gasteiger charge is 2.31. The van der Waals surface area contributed by atoms with Gasteiger partial charge in [-0.1, -0.05) is 21.2 Å². The van der Waals surface area contributed by atoms with Gasteiger partial charge in [0.2, 0.25) is 11.7 Å². The highest BCUT2D eigenvalue weighted by molar-refractivity contribution is 7.83. The fraction of sp³-hybridized carbons (Fsp3) is 0.429. The molecule has 0 unspecified atom stereocenters. The Morgan fingerprint density at radius 2 is 1.85 bits per heavy atom. The molecular weight excluding hydrogens is 380 g/mol. The minimum Gasteiger partial charge on any atom is -0.338 e. The van der Waals surface area contributed by atoms with Gasteiger partial charge in [0.05, 0.1) is 12.1 Å². The third-order valence-electron chi connectivity index (χ3n) is 3.91. The molecule has 0 spiro atoms. The topological polar surface area (TPSA) is 79.5 Å². The molecule has 2 heterocycles.